The van der Waals surface area contributed by atoms with Crippen LogP contribution in [0.15, 0.2) is 212 Å². The molecule has 2 nitrogen and oxygen atoms in total. The highest BCUT2D eigenvalue weighted by Crippen LogP contribution is 2.49. The average Bonchev–Trinajstić information content (AvgIpc) is 3.39. The standard InChI is InChI=1S/C44H34.C16H6Br4.C7H9BO2/c1-27-9-5-13-31(21-27)39-25-40(32-14-6-10-28(2)22-32)36-19-20-38-42(34-16-8-12-30(4)24-34)26-41(33-15-7-11-29(3)23-33)37-18-17-35(39)43(36)44(37)38;17-11-5-13(19)9-3-4-10-14(20)6-12(18)8-2-1-7(11)15(9)16(8)10;1-6-3-2-4-7(5-6)8(9)10/h5-26H,1-4H3;1-6H;2-5,9-10H,1H3. The Bertz CT molecular complexity index is 3810. The summed E-state index contributed by atoms with van der Waals surface area (Å²) in [6, 6.07) is 70.2. The van der Waals surface area contributed by atoms with E-state index in [-0.39, 0.29) is 0 Å². The van der Waals surface area contributed by atoms with Crippen LogP contribution in [0.25, 0.3) is 109 Å². The third-order valence-electron chi connectivity index (χ3n) is 14.3. The SMILES string of the molecule is Brc1cc(Br)c2ccc3c(Br)cc(Br)c4ccc1c2c43.Cc1cccc(-c2cc(-c3cccc(C)c3)c3ccc4c(-c5cccc(C)c5)cc(-c5cccc(C)c5)c5ccc2c3c54)c1.Cc1cccc(B(O)O)c1. The van der Waals surface area contributed by atoms with Crippen molar-refractivity contribution in [2.24, 2.45) is 0 Å². The number of aryl methyl sites for hydroxylation is 5. The van der Waals surface area contributed by atoms with Crippen molar-refractivity contribution in [3.05, 3.63) is 240 Å². The van der Waals surface area contributed by atoms with Gasteiger partial charge in [0.05, 0.1) is 0 Å². The minimum Gasteiger partial charge on any atom is -0.423 e. The Morgan fingerprint density at radius 3 is 0.757 bits per heavy atom. The van der Waals surface area contributed by atoms with Crippen molar-refractivity contribution in [1.82, 2.24) is 0 Å². The fourth-order valence-corrected chi connectivity index (χ4v) is 13.7. The van der Waals surface area contributed by atoms with Crippen molar-refractivity contribution in [2.45, 2.75) is 34.6 Å². The molecule has 2 N–H and O–H groups in total. The van der Waals surface area contributed by atoms with E-state index < -0.39 is 7.12 Å². The van der Waals surface area contributed by atoms with Crippen LogP contribution in [-0.4, -0.2) is 17.2 Å². The number of hydrogen-bond donors (Lipinski definition) is 2. The molecule has 0 bridgehead atoms. The molecule has 0 saturated carbocycles. The highest BCUT2D eigenvalue weighted by atomic mass is 79.9. The summed E-state index contributed by atoms with van der Waals surface area (Å²) >= 11 is 14.7. The van der Waals surface area contributed by atoms with Crippen LogP contribution in [0.5, 0.6) is 0 Å². The second-order valence-electron chi connectivity index (χ2n) is 19.5. The van der Waals surface area contributed by atoms with Gasteiger partial charge in [-0.15, -0.1) is 0 Å². The molecule has 0 amide bonds. The maximum absolute atomic E-state index is 8.70. The molecule has 0 saturated heterocycles. The third-order valence-corrected chi connectivity index (χ3v) is 16.9. The van der Waals surface area contributed by atoms with Gasteiger partial charge in [0.2, 0.25) is 0 Å². The molecule has 13 aromatic rings. The van der Waals surface area contributed by atoms with E-state index in [1.165, 1.54) is 131 Å². The van der Waals surface area contributed by atoms with Gasteiger partial charge in [-0.3, -0.25) is 0 Å². The monoisotopic (exact) mass is 1210 g/mol. The Hall–Kier alpha value is -6.16. The summed E-state index contributed by atoms with van der Waals surface area (Å²) in [5.74, 6) is 0. The normalized spacial score (nSPS) is 11.4. The summed E-state index contributed by atoms with van der Waals surface area (Å²) < 4.78 is 4.45. The lowest BCUT2D eigenvalue weighted by molar-refractivity contribution is 0.425. The first kappa shape index (κ1) is 50.0. The fourth-order valence-electron chi connectivity index (χ4n) is 10.9. The van der Waals surface area contributed by atoms with Crippen LogP contribution >= 0.6 is 63.7 Å². The van der Waals surface area contributed by atoms with Crippen molar-refractivity contribution in [3.63, 3.8) is 0 Å². The number of hydrogen-bond acceptors (Lipinski definition) is 2. The molecule has 360 valence electrons. The molecule has 0 aromatic heterocycles. The van der Waals surface area contributed by atoms with Gasteiger partial charge in [-0.2, -0.15) is 0 Å². The van der Waals surface area contributed by atoms with Crippen molar-refractivity contribution >= 4 is 141 Å². The Kier molecular flexibility index (Phi) is 13.9. The Balaban J connectivity index is 0.000000160. The molecule has 7 heteroatoms. The van der Waals surface area contributed by atoms with Crippen molar-refractivity contribution in [1.29, 1.82) is 0 Å². The van der Waals surface area contributed by atoms with E-state index in [4.69, 9.17) is 10.0 Å². The number of halogens is 4. The number of rotatable bonds is 5. The lowest BCUT2D eigenvalue weighted by atomic mass is 9.80. The maximum atomic E-state index is 8.70. The molecule has 13 aromatic carbocycles. The third kappa shape index (κ3) is 9.38. The lowest BCUT2D eigenvalue weighted by Gasteiger charge is -2.22. The van der Waals surface area contributed by atoms with Gasteiger partial charge < -0.3 is 10.0 Å². The topological polar surface area (TPSA) is 40.5 Å². The first-order valence-corrected chi connectivity index (χ1v) is 27.8. The predicted octanol–water partition coefficient (Wildman–Crippen LogP) is 19.8. The molecule has 0 aliphatic heterocycles. The quantitative estimate of drug-likeness (QED) is 0.133. The van der Waals surface area contributed by atoms with Gasteiger partial charge in [-0.25, -0.2) is 0 Å². The zero-order valence-electron chi connectivity index (χ0n) is 41.5. The minimum atomic E-state index is -1.35. The summed E-state index contributed by atoms with van der Waals surface area (Å²) in [7, 11) is -1.35. The van der Waals surface area contributed by atoms with Crippen molar-refractivity contribution in [3.8, 4) is 44.5 Å². The molecule has 0 spiro atoms. The van der Waals surface area contributed by atoms with Crippen molar-refractivity contribution < 1.29 is 10.0 Å². The van der Waals surface area contributed by atoms with E-state index >= 15 is 0 Å². The van der Waals surface area contributed by atoms with Crippen LogP contribution in [0.1, 0.15) is 27.8 Å². The molecule has 0 aliphatic rings. The summed E-state index contributed by atoms with van der Waals surface area (Å²) in [5, 5.41) is 32.9. The molecule has 0 unspecified atom stereocenters. The lowest BCUT2D eigenvalue weighted by Crippen LogP contribution is -2.29. The smallest absolute Gasteiger partial charge is 0.423 e. The highest BCUT2D eigenvalue weighted by molar-refractivity contribution is 9.11. The van der Waals surface area contributed by atoms with Crippen LogP contribution in [0.4, 0.5) is 0 Å². The van der Waals surface area contributed by atoms with Gasteiger partial charge in [0, 0.05) is 17.9 Å². The van der Waals surface area contributed by atoms with Gasteiger partial charge in [0.15, 0.2) is 0 Å². The van der Waals surface area contributed by atoms with Gasteiger partial charge in [-0.05, 0) is 173 Å². The molecule has 13 rings (SSSR count). The molecule has 0 radical (unpaired) electrons. The molecular formula is C67H49BBr4O2. The zero-order valence-corrected chi connectivity index (χ0v) is 47.8. The van der Waals surface area contributed by atoms with Crippen LogP contribution in [0.3, 0.4) is 0 Å². The Morgan fingerprint density at radius 1 is 0.270 bits per heavy atom. The van der Waals surface area contributed by atoms with Gasteiger partial charge in [-0.1, -0.05) is 261 Å². The second kappa shape index (κ2) is 20.5. The van der Waals surface area contributed by atoms with Crippen molar-refractivity contribution in [2.75, 3.05) is 0 Å². The van der Waals surface area contributed by atoms with Crippen LogP contribution in [-0.2, 0) is 0 Å². The average molecular weight is 1220 g/mol. The fraction of sp³-hybridized carbons (Fsp3) is 0.0746. The Labute approximate surface area is 466 Å². The van der Waals surface area contributed by atoms with Gasteiger partial charge >= 0.3 is 7.12 Å². The number of benzene rings is 13. The molecule has 74 heavy (non-hydrogen) atoms. The van der Waals surface area contributed by atoms with Crippen LogP contribution in [0, 0.1) is 34.6 Å². The van der Waals surface area contributed by atoms with E-state index in [9.17, 15) is 0 Å². The second-order valence-corrected chi connectivity index (χ2v) is 22.9. The minimum absolute atomic E-state index is 0.542. The van der Waals surface area contributed by atoms with E-state index in [0.29, 0.717) is 5.46 Å². The van der Waals surface area contributed by atoms with E-state index in [1.54, 1.807) is 18.2 Å². The zero-order chi connectivity index (χ0) is 51.5. The maximum Gasteiger partial charge on any atom is 0.488 e. The summed E-state index contributed by atoms with van der Waals surface area (Å²) in [6.07, 6.45) is 0. The van der Waals surface area contributed by atoms with E-state index in [1.807, 2.05) is 13.0 Å². The summed E-state index contributed by atoms with van der Waals surface area (Å²) in [4.78, 5) is 0. The van der Waals surface area contributed by atoms with E-state index in [0.717, 1.165) is 23.5 Å². The molecule has 0 atom stereocenters. The molecule has 0 heterocycles. The van der Waals surface area contributed by atoms with Crippen LogP contribution < -0.4 is 5.46 Å². The molecule has 0 aliphatic carbocycles. The van der Waals surface area contributed by atoms with E-state index in [2.05, 4.69) is 261 Å². The first-order valence-electron chi connectivity index (χ1n) is 24.6. The highest BCUT2D eigenvalue weighted by Gasteiger charge is 2.22. The predicted molar refractivity (Wildman–Crippen MR) is 333 cm³/mol. The largest absolute Gasteiger partial charge is 0.488 e. The molecule has 0 fully saturated rings. The Morgan fingerprint density at radius 2 is 0.514 bits per heavy atom. The summed E-state index contributed by atoms with van der Waals surface area (Å²) in [5.41, 5.74) is 16.8. The first-order chi connectivity index (χ1) is 35.7. The van der Waals surface area contributed by atoms with Gasteiger partial charge in [0.1, 0.15) is 0 Å². The summed E-state index contributed by atoms with van der Waals surface area (Å²) in [6.45, 7) is 10.6. The van der Waals surface area contributed by atoms with Gasteiger partial charge in [0.25, 0.3) is 0 Å². The van der Waals surface area contributed by atoms with Crippen LogP contribution in [0.2, 0.25) is 0 Å². The molecular weight excluding hydrogens is 1170 g/mol.